The van der Waals surface area contributed by atoms with E-state index in [1.54, 1.807) is 19.1 Å². The molecule has 0 saturated carbocycles. The quantitative estimate of drug-likeness (QED) is 0.840. The number of nitrogens with zero attached hydrogens (tertiary/aromatic N) is 3. The van der Waals surface area contributed by atoms with Gasteiger partial charge in [0.1, 0.15) is 0 Å². The minimum absolute atomic E-state index is 0.0917. The highest BCUT2D eigenvalue weighted by Gasteiger charge is 2.21. The van der Waals surface area contributed by atoms with Gasteiger partial charge in [0, 0.05) is 13.1 Å². The number of morpholine rings is 1. The molecular weight excluding hydrogens is 375 g/mol. The maximum atomic E-state index is 13.6. The van der Waals surface area contributed by atoms with Crippen molar-refractivity contribution in [3.63, 3.8) is 0 Å². The van der Waals surface area contributed by atoms with E-state index in [4.69, 9.17) is 21.1 Å². The van der Waals surface area contributed by atoms with Crippen LogP contribution in [0.1, 0.15) is 29.0 Å². The van der Waals surface area contributed by atoms with Crippen molar-refractivity contribution in [1.82, 2.24) is 15.3 Å². The number of amides is 1. The molecule has 1 saturated heterocycles. The summed E-state index contributed by atoms with van der Waals surface area (Å²) in [6, 6.07) is 4.03. The molecule has 1 aromatic carbocycles. The maximum absolute atomic E-state index is 13.6. The third kappa shape index (κ3) is 4.45. The fraction of sp³-hybridized carbons (Fsp3) is 0.389. The largest absolute Gasteiger partial charge is 0.494 e. The Hall–Kier alpha value is -2.45. The zero-order valence-corrected chi connectivity index (χ0v) is 15.8. The van der Waals surface area contributed by atoms with Crippen LogP contribution in [0.4, 0.5) is 10.3 Å². The van der Waals surface area contributed by atoms with Gasteiger partial charge in [-0.15, -0.1) is 0 Å². The van der Waals surface area contributed by atoms with Crippen molar-refractivity contribution in [3.05, 3.63) is 46.5 Å². The molecule has 144 valence electrons. The third-order valence-electron chi connectivity index (χ3n) is 4.26. The number of carbonyl (C=O) groups excluding carboxylic acids is 1. The van der Waals surface area contributed by atoms with Crippen LogP contribution in [-0.2, 0) is 4.74 Å². The average molecular weight is 395 g/mol. The number of halogens is 2. The van der Waals surface area contributed by atoms with Gasteiger partial charge in [-0.1, -0.05) is 17.7 Å². The van der Waals surface area contributed by atoms with E-state index in [1.807, 2.05) is 4.90 Å². The molecule has 3 rings (SSSR count). The van der Waals surface area contributed by atoms with Crippen LogP contribution in [0, 0.1) is 5.82 Å². The Kier molecular flexibility index (Phi) is 6.08. The molecule has 1 aromatic heterocycles. The average Bonchev–Trinajstić information content (AvgIpc) is 2.69. The van der Waals surface area contributed by atoms with Crippen LogP contribution in [0.2, 0.25) is 5.02 Å². The molecule has 0 spiro atoms. The molecule has 1 aliphatic rings. The Balaban J connectivity index is 1.77. The van der Waals surface area contributed by atoms with Gasteiger partial charge in [0.25, 0.3) is 5.91 Å². The van der Waals surface area contributed by atoms with Gasteiger partial charge in [-0.3, -0.25) is 4.79 Å². The molecule has 1 atom stereocenters. The van der Waals surface area contributed by atoms with E-state index in [0.717, 1.165) is 0 Å². The lowest BCUT2D eigenvalue weighted by Crippen LogP contribution is -2.38. The Labute approximate surface area is 161 Å². The summed E-state index contributed by atoms with van der Waals surface area (Å²) in [6.07, 6.45) is 1.42. The molecule has 2 aromatic rings. The van der Waals surface area contributed by atoms with Gasteiger partial charge in [0.2, 0.25) is 5.95 Å². The summed E-state index contributed by atoms with van der Waals surface area (Å²) in [5, 5.41) is 2.98. The lowest BCUT2D eigenvalue weighted by molar-refractivity contribution is 0.0934. The van der Waals surface area contributed by atoms with E-state index >= 15 is 0 Å². The molecule has 1 fully saturated rings. The first-order chi connectivity index (χ1) is 13.0. The molecule has 7 nitrogen and oxygen atoms in total. The van der Waals surface area contributed by atoms with Gasteiger partial charge in [0.05, 0.1) is 37.6 Å². The SMILES string of the molecule is COc1cc(C(C)NC(=O)c2nc(N3CCOCC3)ncc2Cl)ccc1F. The van der Waals surface area contributed by atoms with Gasteiger partial charge in [-0.25, -0.2) is 14.4 Å². The van der Waals surface area contributed by atoms with Gasteiger partial charge < -0.3 is 19.7 Å². The number of aromatic nitrogens is 2. The molecule has 0 bridgehead atoms. The van der Waals surface area contributed by atoms with Gasteiger partial charge in [0.15, 0.2) is 17.3 Å². The maximum Gasteiger partial charge on any atom is 0.272 e. The Morgan fingerprint density at radius 3 is 2.85 bits per heavy atom. The predicted molar refractivity (Wildman–Crippen MR) is 98.9 cm³/mol. The fourth-order valence-electron chi connectivity index (χ4n) is 2.73. The van der Waals surface area contributed by atoms with Crippen LogP contribution in [0.15, 0.2) is 24.4 Å². The molecule has 0 aliphatic carbocycles. The highest BCUT2D eigenvalue weighted by molar-refractivity contribution is 6.33. The molecule has 1 N–H and O–H groups in total. The van der Waals surface area contributed by atoms with E-state index in [1.165, 1.54) is 19.4 Å². The normalized spacial score (nSPS) is 15.3. The molecule has 27 heavy (non-hydrogen) atoms. The Morgan fingerprint density at radius 2 is 2.15 bits per heavy atom. The van der Waals surface area contributed by atoms with Crippen molar-refractivity contribution >= 4 is 23.5 Å². The van der Waals surface area contributed by atoms with Crippen LogP contribution < -0.4 is 15.0 Å². The van der Waals surface area contributed by atoms with Gasteiger partial charge >= 0.3 is 0 Å². The molecule has 2 heterocycles. The zero-order chi connectivity index (χ0) is 19.4. The number of hydrogen-bond donors (Lipinski definition) is 1. The van der Waals surface area contributed by atoms with Crippen LogP contribution in [-0.4, -0.2) is 49.3 Å². The number of ether oxygens (including phenoxy) is 2. The fourth-order valence-corrected chi connectivity index (χ4v) is 2.90. The van der Waals surface area contributed by atoms with Crippen molar-refractivity contribution in [2.75, 3.05) is 38.3 Å². The van der Waals surface area contributed by atoms with E-state index in [0.29, 0.717) is 37.8 Å². The summed E-state index contributed by atoms with van der Waals surface area (Å²) in [5.41, 5.74) is 0.786. The standard InChI is InChI=1S/C18H20ClFN4O3/c1-11(12-3-4-14(20)15(9-12)26-2)22-17(25)16-13(19)10-21-18(23-16)24-5-7-27-8-6-24/h3-4,9-11H,5-8H2,1-2H3,(H,22,25). The molecule has 1 aliphatic heterocycles. The summed E-state index contributed by atoms with van der Waals surface area (Å²) in [5.74, 6) is -0.353. The summed E-state index contributed by atoms with van der Waals surface area (Å²) in [4.78, 5) is 23.1. The molecule has 1 unspecified atom stereocenters. The number of rotatable bonds is 5. The highest BCUT2D eigenvalue weighted by Crippen LogP contribution is 2.23. The number of hydrogen-bond acceptors (Lipinski definition) is 6. The Morgan fingerprint density at radius 1 is 1.41 bits per heavy atom. The highest BCUT2D eigenvalue weighted by atomic mass is 35.5. The van der Waals surface area contributed by atoms with E-state index in [-0.39, 0.29) is 16.5 Å². The van der Waals surface area contributed by atoms with Crippen molar-refractivity contribution in [3.8, 4) is 5.75 Å². The van der Waals surface area contributed by atoms with Crippen molar-refractivity contribution in [2.45, 2.75) is 13.0 Å². The molecule has 0 radical (unpaired) electrons. The number of anilines is 1. The second-order valence-electron chi connectivity index (χ2n) is 6.06. The first-order valence-corrected chi connectivity index (χ1v) is 8.87. The lowest BCUT2D eigenvalue weighted by atomic mass is 10.1. The van der Waals surface area contributed by atoms with Crippen LogP contribution in [0.5, 0.6) is 5.75 Å². The second-order valence-corrected chi connectivity index (χ2v) is 6.46. The van der Waals surface area contributed by atoms with Crippen molar-refractivity contribution in [2.24, 2.45) is 0 Å². The van der Waals surface area contributed by atoms with Crippen LogP contribution >= 0.6 is 11.6 Å². The summed E-state index contributed by atoms with van der Waals surface area (Å²) < 4.78 is 23.9. The van der Waals surface area contributed by atoms with E-state index < -0.39 is 17.8 Å². The van der Waals surface area contributed by atoms with Crippen molar-refractivity contribution < 1.29 is 18.7 Å². The Bertz CT molecular complexity index is 830. The monoisotopic (exact) mass is 394 g/mol. The van der Waals surface area contributed by atoms with E-state index in [9.17, 15) is 9.18 Å². The van der Waals surface area contributed by atoms with Crippen molar-refractivity contribution in [1.29, 1.82) is 0 Å². The number of methoxy groups -OCH3 is 1. The first-order valence-electron chi connectivity index (χ1n) is 8.49. The summed E-state index contributed by atoms with van der Waals surface area (Å²) in [6.45, 7) is 4.24. The number of benzene rings is 1. The lowest BCUT2D eigenvalue weighted by Gasteiger charge is -2.27. The predicted octanol–water partition coefficient (Wildman–Crippen LogP) is 2.61. The van der Waals surface area contributed by atoms with Gasteiger partial charge in [-0.05, 0) is 24.6 Å². The topological polar surface area (TPSA) is 76.6 Å². The smallest absolute Gasteiger partial charge is 0.272 e. The second kappa shape index (κ2) is 8.49. The van der Waals surface area contributed by atoms with E-state index in [2.05, 4.69) is 15.3 Å². The number of carbonyl (C=O) groups is 1. The minimum Gasteiger partial charge on any atom is -0.494 e. The van der Waals surface area contributed by atoms with Gasteiger partial charge in [-0.2, -0.15) is 0 Å². The zero-order valence-electron chi connectivity index (χ0n) is 15.0. The summed E-state index contributed by atoms with van der Waals surface area (Å²) >= 11 is 6.13. The molecule has 1 amide bonds. The van der Waals surface area contributed by atoms with Crippen LogP contribution in [0.25, 0.3) is 0 Å². The third-order valence-corrected chi connectivity index (χ3v) is 4.54. The van der Waals surface area contributed by atoms with Crippen LogP contribution in [0.3, 0.4) is 0 Å². The molecular formula is C18H20ClFN4O3. The first kappa shape index (κ1) is 19.3. The molecule has 9 heteroatoms. The number of nitrogens with one attached hydrogen (secondary N) is 1. The summed E-state index contributed by atoms with van der Waals surface area (Å²) in [7, 11) is 1.39. The minimum atomic E-state index is -0.464.